The number of rotatable bonds is 5. The highest BCUT2D eigenvalue weighted by Crippen LogP contribution is 2.21. The molecule has 0 fully saturated rings. The second-order valence-electron chi connectivity index (χ2n) is 3.92. The topological polar surface area (TPSA) is 72.2 Å². The molecule has 1 heterocycles. The molecule has 1 aromatic heterocycles. The molecule has 0 aliphatic rings. The molecule has 19 heavy (non-hydrogen) atoms. The smallest absolute Gasteiger partial charge is 0.240 e. The summed E-state index contributed by atoms with van der Waals surface area (Å²) in [6.07, 6.45) is 0.617. The average molecular weight is 317 g/mol. The standard InChI is InChI=1S/C12H13ClN2O2S2/c13-12-6-3-10(18-12)7-8-15-19(16,17)11-4-1-9(14)2-5-11/h1-6,15H,7-8,14H2. The van der Waals surface area contributed by atoms with Crippen LogP contribution in [-0.2, 0) is 16.4 Å². The Kier molecular flexibility index (Phi) is 4.46. The Bertz CT molecular complexity index is 651. The second-order valence-corrected chi connectivity index (χ2v) is 7.49. The van der Waals surface area contributed by atoms with E-state index in [1.54, 1.807) is 18.2 Å². The first-order valence-electron chi connectivity index (χ1n) is 5.57. The van der Waals surface area contributed by atoms with Crippen molar-refractivity contribution >= 4 is 38.6 Å². The third kappa shape index (κ3) is 3.94. The summed E-state index contributed by atoms with van der Waals surface area (Å²) in [7, 11) is -3.47. The van der Waals surface area contributed by atoms with Gasteiger partial charge in [-0.25, -0.2) is 13.1 Å². The first-order chi connectivity index (χ1) is 8.97. The summed E-state index contributed by atoms with van der Waals surface area (Å²) in [6.45, 7) is 0.337. The van der Waals surface area contributed by atoms with Gasteiger partial charge in [0.25, 0.3) is 0 Å². The van der Waals surface area contributed by atoms with E-state index >= 15 is 0 Å². The Morgan fingerprint density at radius 2 is 1.84 bits per heavy atom. The van der Waals surface area contributed by atoms with Crippen LogP contribution in [0.3, 0.4) is 0 Å². The Morgan fingerprint density at radius 3 is 2.42 bits per heavy atom. The van der Waals surface area contributed by atoms with Crippen LogP contribution in [-0.4, -0.2) is 15.0 Å². The fourth-order valence-electron chi connectivity index (χ4n) is 1.53. The van der Waals surface area contributed by atoms with E-state index in [-0.39, 0.29) is 4.90 Å². The van der Waals surface area contributed by atoms with E-state index in [4.69, 9.17) is 17.3 Å². The van der Waals surface area contributed by atoms with Gasteiger partial charge in [-0.1, -0.05) is 11.6 Å². The summed E-state index contributed by atoms with van der Waals surface area (Å²) >= 11 is 7.26. The maximum Gasteiger partial charge on any atom is 0.240 e. The van der Waals surface area contributed by atoms with Gasteiger partial charge in [0.15, 0.2) is 0 Å². The van der Waals surface area contributed by atoms with Crippen molar-refractivity contribution in [2.45, 2.75) is 11.3 Å². The van der Waals surface area contributed by atoms with E-state index in [1.165, 1.54) is 23.5 Å². The first kappa shape index (κ1) is 14.3. The van der Waals surface area contributed by atoms with E-state index in [9.17, 15) is 8.42 Å². The van der Waals surface area contributed by atoms with Crippen molar-refractivity contribution in [1.29, 1.82) is 0 Å². The predicted octanol–water partition coefficient (Wildman–Crippen LogP) is 2.50. The Hall–Kier alpha value is -1.08. The molecule has 102 valence electrons. The van der Waals surface area contributed by atoms with Crippen LogP contribution in [0.15, 0.2) is 41.3 Å². The molecule has 4 nitrogen and oxygen atoms in total. The fraction of sp³-hybridized carbons (Fsp3) is 0.167. The van der Waals surface area contributed by atoms with E-state index < -0.39 is 10.0 Å². The van der Waals surface area contributed by atoms with Crippen molar-refractivity contribution in [2.75, 3.05) is 12.3 Å². The van der Waals surface area contributed by atoms with E-state index in [0.29, 0.717) is 23.0 Å². The lowest BCUT2D eigenvalue weighted by molar-refractivity contribution is 0.582. The fourth-order valence-corrected chi connectivity index (χ4v) is 3.64. The number of thiophene rings is 1. The van der Waals surface area contributed by atoms with Crippen molar-refractivity contribution in [3.8, 4) is 0 Å². The van der Waals surface area contributed by atoms with Crippen LogP contribution in [0.25, 0.3) is 0 Å². The molecule has 0 amide bonds. The SMILES string of the molecule is Nc1ccc(S(=O)(=O)NCCc2ccc(Cl)s2)cc1. The van der Waals surface area contributed by atoms with Crippen LogP contribution in [0.1, 0.15) is 4.88 Å². The third-order valence-corrected chi connectivity index (χ3v) is 5.25. The Morgan fingerprint density at radius 1 is 1.16 bits per heavy atom. The maximum absolute atomic E-state index is 12.0. The maximum atomic E-state index is 12.0. The van der Waals surface area contributed by atoms with Gasteiger partial charge < -0.3 is 5.73 Å². The number of halogens is 1. The van der Waals surface area contributed by atoms with Gasteiger partial charge in [0.2, 0.25) is 10.0 Å². The molecule has 0 radical (unpaired) electrons. The van der Waals surface area contributed by atoms with Crippen molar-refractivity contribution in [3.63, 3.8) is 0 Å². The molecule has 2 aromatic rings. The van der Waals surface area contributed by atoms with E-state index in [2.05, 4.69) is 4.72 Å². The van der Waals surface area contributed by atoms with Gasteiger partial charge >= 0.3 is 0 Å². The van der Waals surface area contributed by atoms with Gasteiger partial charge in [0.05, 0.1) is 9.23 Å². The normalized spacial score (nSPS) is 11.6. The summed E-state index contributed by atoms with van der Waals surface area (Å²) in [5.41, 5.74) is 6.06. The minimum Gasteiger partial charge on any atom is -0.399 e. The number of hydrogen-bond acceptors (Lipinski definition) is 4. The van der Waals surface area contributed by atoms with Crippen molar-refractivity contribution in [3.05, 3.63) is 45.6 Å². The minimum atomic E-state index is -3.47. The third-order valence-electron chi connectivity index (χ3n) is 2.48. The number of anilines is 1. The molecule has 0 aliphatic carbocycles. The lowest BCUT2D eigenvalue weighted by Gasteiger charge is -2.06. The average Bonchev–Trinajstić information content (AvgIpc) is 2.75. The van der Waals surface area contributed by atoms with Crippen LogP contribution in [0.5, 0.6) is 0 Å². The van der Waals surface area contributed by atoms with Gasteiger partial charge in [0, 0.05) is 17.1 Å². The van der Waals surface area contributed by atoms with E-state index in [0.717, 1.165) is 4.88 Å². The first-order valence-corrected chi connectivity index (χ1v) is 8.24. The number of nitrogens with two attached hydrogens (primary N) is 1. The molecule has 3 N–H and O–H groups in total. The molecule has 1 aromatic carbocycles. The lowest BCUT2D eigenvalue weighted by atomic mass is 10.3. The number of hydrogen-bond donors (Lipinski definition) is 2. The molecular weight excluding hydrogens is 304 g/mol. The molecule has 0 bridgehead atoms. The van der Waals surface area contributed by atoms with Gasteiger partial charge in [-0.2, -0.15) is 0 Å². The van der Waals surface area contributed by atoms with Gasteiger partial charge in [-0.3, -0.25) is 0 Å². The highest BCUT2D eigenvalue weighted by Gasteiger charge is 2.12. The van der Waals surface area contributed by atoms with Gasteiger partial charge in [-0.05, 0) is 42.8 Å². The van der Waals surface area contributed by atoms with Crippen molar-refractivity contribution in [2.24, 2.45) is 0 Å². The molecule has 0 aliphatic heterocycles. The minimum absolute atomic E-state index is 0.214. The van der Waals surface area contributed by atoms with Gasteiger partial charge in [0.1, 0.15) is 0 Å². The number of nitrogens with one attached hydrogen (secondary N) is 1. The van der Waals surface area contributed by atoms with Crippen molar-refractivity contribution in [1.82, 2.24) is 4.72 Å². The lowest BCUT2D eigenvalue weighted by Crippen LogP contribution is -2.25. The predicted molar refractivity (Wildman–Crippen MR) is 79.1 cm³/mol. The molecule has 2 rings (SSSR count). The van der Waals surface area contributed by atoms with Gasteiger partial charge in [-0.15, -0.1) is 11.3 Å². The Labute approximate surface area is 121 Å². The molecular formula is C12H13ClN2O2S2. The quantitative estimate of drug-likeness (QED) is 0.832. The summed E-state index contributed by atoms with van der Waals surface area (Å²) in [5.74, 6) is 0. The molecule has 0 saturated heterocycles. The molecule has 0 unspecified atom stereocenters. The summed E-state index contributed by atoms with van der Waals surface area (Å²) in [5, 5.41) is 0. The van der Waals surface area contributed by atoms with E-state index in [1.807, 2.05) is 6.07 Å². The van der Waals surface area contributed by atoms with Crippen LogP contribution in [0.4, 0.5) is 5.69 Å². The number of nitrogen functional groups attached to an aromatic ring is 1. The van der Waals surface area contributed by atoms with Crippen LogP contribution in [0, 0.1) is 0 Å². The highest BCUT2D eigenvalue weighted by molar-refractivity contribution is 7.89. The summed E-state index contributed by atoms with van der Waals surface area (Å²) < 4.78 is 27.2. The molecule has 0 atom stereocenters. The zero-order chi connectivity index (χ0) is 13.9. The largest absolute Gasteiger partial charge is 0.399 e. The zero-order valence-corrected chi connectivity index (χ0v) is 12.4. The second kappa shape index (κ2) is 5.92. The van der Waals surface area contributed by atoms with Crippen LogP contribution >= 0.6 is 22.9 Å². The monoisotopic (exact) mass is 316 g/mol. The summed E-state index contributed by atoms with van der Waals surface area (Å²) in [6, 6.07) is 9.79. The van der Waals surface area contributed by atoms with Crippen molar-refractivity contribution < 1.29 is 8.42 Å². The number of benzene rings is 1. The highest BCUT2D eigenvalue weighted by atomic mass is 35.5. The van der Waals surface area contributed by atoms with Crippen LogP contribution < -0.4 is 10.5 Å². The molecule has 7 heteroatoms. The van der Waals surface area contributed by atoms with Crippen LogP contribution in [0.2, 0.25) is 4.34 Å². The number of sulfonamides is 1. The zero-order valence-electron chi connectivity index (χ0n) is 9.97. The molecule has 0 spiro atoms. The Balaban J connectivity index is 1.96. The summed E-state index contributed by atoms with van der Waals surface area (Å²) in [4.78, 5) is 1.26. The molecule has 0 saturated carbocycles.